The first-order valence-electron chi connectivity index (χ1n) is 9.48. The van der Waals surface area contributed by atoms with E-state index in [1.165, 1.54) is 23.2 Å². The number of nitrogens with one attached hydrogen (secondary N) is 3. The summed E-state index contributed by atoms with van der Waals surface area (Å²) in [4.78, 5) is 38.5. The minimum absolute atomic E-state index is 0.0707. The summed E-state index contributed by atoms with van der Waals surface area (Å²) < 4.78 is 16.9. The summed E-state index contributed by atoms with van der Waals surface area (Å²) in [7, 11) is 0. The quantitative estimate of drug-likeness (QED) is 0.597. The average Bonchev–Trinajstić information content (AvgIpc) is 3.20. The maximum Gasteiger partial charge on any atom is 0.409 e. The van der Waals surface area contributed by atoms with Gasteiger partial charge in [0.2, 0.25) is 0 Å². The molecule has 3 rings (SSSR count). The van der Waals surface area contributed by atoms with Gasteiger partial charge in [-0.25, -0.2) is 9.18 Å². The van der Waals surface area contributed by atoms with E-state index in [0.717, 1.165) is 0 Å². The first-order chi connectivity index (χ1) is 14.9. The largest absolute Gasteiger partial charge is 0.447 e. The Morgan fingerprint density at radius 1 is 1.19 bits per heavy atom. The number of H-pyrrole nitrogens is 1. The number of benzene rings is 1. The van der Waals surface area contributed by atoms with Gasteiger partial charge in [0.15, 0.2) is 0 Å². The fourth-order valence-corrected chi connectivity index (χ4v) is 3.70. The number of ether oxygens (including phenoxy) is 1. The van der Waals surface area contributed by atoms with Gasteiger partial charge in [0, 0.05) is 19.1 Å². The molecule has 12 heteroatoms. The average molecular weight is 472 g/mol. The smallest absolute Gasteiger partial charge is 0.409 e. The second-order valence-electron chi connectivity index (χ2n) is 6.75. The number of hydrogen-bond donors (Lipinski definition) is 3. The molecule has 1 saturated heterocycles. The van der Waals surface area contributed by atoms with Crippen LogP contribution in [0.2, 0.25) is 10.0 Å². The molecule has 0 radical (unpaired) electrons. The van der Waals surface area contributed by atoms with E-state index in [1.807, 2.05) is 0 Å². The van der Waals surface area contributed by atoms with Crippen LogP contribution in [0.1, 0.15) is 33.7 Å². The van der Waals surface area contributed by atoms with Gasteiger partial charge in [0.1, 0.15) is 19.0 Å². The maximum atomic E-state index is 12.7. The van der Waals surface area contributed by atoms with E-state index in [9.17, 15) is 18.8 Å². The Labute approximate surface area is 187 Å². The number of rotatable bonds is 6. The molecule has 31 heavy (non-hydrogen) atoms. The first kappa shape index (κ1) is 22.8. The van der Waals surface area contributed by atoms with Crippen LogP contribution < -0.4 is 10.6 Å². The molecule has 0 saturated carbocycles. The van der Waals surface area contributed by atoms with Crippen molar-refractivity contribution in [2.45, 2.75) is 18.9 Å². The molecule has 3 amide bonds. The number of alkyl halides is 1. The molecule has 0 unspecified atom stereocenters. The lowest BCUT2D eigenvalue weighted by atomic mass is 10.1. The molecule has 3 N–H and O–H groups in total. The molecule has 166 valence electrons. The molecule has 2 heterocycles. The van der Waals surface area contributed by atoms with Gasteiger partial charge in [-0.15, -0.1) is 0 Å². The predicted molar refractivity (Wildman–Crippen MR) is 112 cm³/mol. The number of piperidine rings is 1. The first-order valence-corrected chi connectivity index (χ1v) is 10.2. The van der Waals surface area contributed by atoms with E-state index in [4.69, 9.17) is 27.9 Å². The normalized spacial score (nSPS) is 14.2. The van der Waals surface area contributed by atoms with Crippen LogP contribution in [0.4, 0.5) is 14.9 Å². The topological polar surface area (TPSA) is 116 Å². The molecule has 0 spiro atoms. The molecule has 2 aromatic rings. The van der Waals surface area contributed by atoms with E-state index < -0.39 is 24.6 Å². The molecule has 1 aliphatic heterocycles. The Balaban J connectivity index is 1.58. The van der Waals surface area contributed by atoms with Crippen LogP contribution in [-0.4, -0.2) is 65.4 Å². The number of carbonyl (C=O) groups is 3. The van der Waals surface area contributed by atoms with Crippen molar-refractivity contribution in [3.8, 4) is 0 Å². The molecule has 0 atom stereocenters. The van der Waals surface area contributed by atoms with Crippen molar-refractivity contribution in [3.05, 3.63) is 45.7 Å². The summed E-state index contributed by atoms with van der Waals surface area (Å²) in [6.07, 6.45) is 1.74. The van der Waals surface area contributed by atoms with E-state index >= 15 is 0 Å². The number of amides is 3. The monoisotopic (exact) mass is 471 g/mol. The van der Waals surface area contributed by atoms with Crippen LogP contribution in [0.5, 0.6) is 0 Å². The Kier molecular flexibility index (Phi) is 7.69. The van der Waals surface area contributed by atoms with E-state index in [-0.39, 0.29) is 39.6 Å². The number of hydrogen-bond acceptors (Lipinski definition) is 5. The number of nitrogens with zero attached hydrogens (tertiary/aromatic N) is 2. The zero-order chi connectivity index (χ0) is 22.4. The van der Waals surface area contributed by atoms with Crippen molar-refractivity contribution in [2.75, 3.05) is 31.7 Å². The highest BCUT2D eigenvalue weighted by molar-refractivity contribution is 6.40. The number of anilines is 1. The highest BCUT2D eigenvalue weighted by Crippen LogP contribution is 2.26. The van der Waals surface area contributed by atoms with Gasteiger partial charge in [0.25, 0.3) is 11.8 Å². The molecular formula is C19H20Cl2FN5O4. The fraction of sp³-hybridized carbons (Fsp3) is 0.368. The maximum absolute atomic E-state index is 12.7. The van der Waals surface area contributed by atoms with Crippen LogP contribution in [0.3, 0.4) is 0 Å². The van der Waals surface area contributed by atoms with Crippen molar-refractivity contribution in [1.29, 1.82) is 0 Å². The Morgan fingerprint density at radius 3 is 2.52 bits per heavy atom. The summed E-state index contributed by atoms with van der Waals surface area (Å²) in [6, 6.07) is 4.49. The lowest BCUT2D eigenvalue weighted by molar-refractivity contribution is 0.0811. The molecule has 0 aliphatic carbocycles. The van der Waals surface area contributed by atoms with E-state index in [1.54, 1.807) is 6.07 Å². The molecule has 9 nitrogen and oxygen atoms in total. The van der Waals surface area contributed by atoms with Crippen LogP contribution in [-0.2, 0) is 4.74 Å². The van der Waals surface area contributed by atoms with Gasteiger partial charge in [-0.3, -0.25) is 14.7 Å². The van der Waals surface area contributed by atoms with E-state index in [2.05, 4.69) is 20.8 Å². The second-order valence-corrected chi connectivity index (χ2v) is 7.56. The van der Waals surface area contributed by atoms with Crippen LogP contribution >= 0.6 is 23.2 Å². The number of likely N-dealkylation sites (tertiary alicyclic amines) is 1. The lowest BCUT2D eigenvalue weighted by Gasteiger charge is -2.31. The Bertz CT molecular complexity index is 942. The minimum Gasteiger partial charge on any atom is -0.447 e. The van der Waals surface area contributed by atoms with Crippen molar-refractivity contribution in [2.24, 2.45) is 0 Å². The fourth-order valence-electron chi connectivity index (χ4n) is 3.13. The van der Waals surface area contributed by atoms with Gasteiger partial charge in [0.05, 0.1) is 27.5 Å². The van der Waals surface area contributed by atoms with Crippen molar-refractivity contribution in [1.82, 2.24) is 20.4 Å². The van der Waals surface area contributed by atoms with Gasteiger partial charge in [-0.05, 0) is 25.0 Å². The third-order valence-electron chi connectivity index (χ3n) is 4.70. The van der Waals surface area contributed by atoms with Crippen molar-refractivity contribution in [3.63, 3.8) is 0 Å². The highest BCUT2D eigenvalue weighted by Gasteiger charge is 2.26. The third kappa shape index (κ3) is 5.65. The summed E-state index contributed by atoms with van der Waals surface area (Å²) in [5.74, 6) is -1.04. The van der Waals surface area contributed by atoms with Crippen LogP contribution in [0.25, 0.3) is 0 Å². The molecule has 1 aliphatic rings. The minimum atomic E-state index is -0.732. The van der Waals surface area contributed by atoms with Crippen molar-refractivity contribution >= 4 is 46.8 Å². The number of carbonyl (C=O) groups excluding carboxylic acids is 3. The molecule has 1 fully saturated rings. The summed E-state index contributed by atoms with van der Waals surface area (Å²) in [5.41, 5.74) is 0.331. The summed E-state index contributed by atoms with van der Waals surface area (Å²) >= 11 is 12.1. The molecule has 1 aromatic heterocycles. The van der Waals surface area contributed by atoms with Crippen molar-refractivity contribution < 1.29 is 23.5 Å². The zero-order valence-electron chi connectivity index (χ0n) is 16.3. The SMILES string of the molecule is O=C(NC1CCN(C(=O)OCCF)CC1)c1[nH]ncc1NC(=O)c1c(Cl)cccc1Cl. The second kappa shape index (κ2) is 10.5. The molecule has 0 bridgehead atoms. The van der Waals surface area contributed by atoms with E-state index in [0.29, 0.717) is 25.9 Å². The van der Waals surface area contributed by atoms with Gasteiger partial charge < -0.3 is 20.3 Å². The number of aromatic amines is 1. The standard InChI is InChI=1S/C19H20Cl2FN5O4/c20-12-2-1-3-13(21)15(12)17(28)25-14-10-23-26-16(14)18(29)24-11-4-7-27(8-5-11)19(30)31-9-6-22/h1-3,10-11H,4-9H2,(H,23,26)(H,24,29)(H,25,28). The molecule has 1 aromatic carbocycles. The van der Waals surface area contributed by atoms with Gasteiger partial charge >= 0.3 is 6.09 Å². The zero-order valence-corrected chi connectivity index (χ0v) is 17.8. The van der Waals surface area contributed by atoms with Gasteiger partial charge in [-0.1, -0.05) is 29.3 Å². The van der Waals surface area contributed by atoms with Gasteiger partial charge in [-0.2, -0.15) is 5.10 Å². The lowest BCUT2D eigenvalue weighted by Crippen LogP contribution is -2.47. The molecular weight excluding hydrogens is 452 g/mol. The Hall–Kier alpha value is -2.85. The summed E-state index contributed by atoms with van der Waals surface area (Å²) in [6.45, 7) is -0.269. The Morgan fingerprint density at radius 2 is 1.87 bits per heavy atom. The number of halogens is 3. The van der Waals surface area contributed by atoms with Crippen LogP contribution in [0, 0.1) is 0 Å². The predicted octanol–water partition coefficient (Wildman–Crippen LogP) is 3.27. The number of aromatic nitrogens is 2. The summed E-state index contributed by atoms with van der Waals surface area (Å²) in [5, 5.41) is 12.2. The van der Waals surface area contributed by atoms with Crippen LogP contribution in [0.15, 0.2) is 24.4 Å². The third-order valence-corrected chi connectivity index (χ3v) is 5.33. The highest BCUT2D eigenvalue weighted by atomic mass is 35.5.